The van der Waals surface area contributed by atoms with Crippen LogP contribution in [-0.4, -0.2) is 75.2 Å². The van der Waals surface area contributed by atoms with Gasteiger partial charge in [-0.25, -0.2) is 4.98 Å². The van der Waals surface area contributed by atoms with Crippen LogP contribution in [0.4, 0.5) is 5.82 Å². The lowest BCUT2D eigenvalue weighted by atomic mass is 9.76. The maximum atomic E-state index is 12.1. The largest absolute Gasteiger partial charge is 0.387 e. The molecule has 1 saturated carbocycles. The fourth-order valence-electron chi connectivity index (χ4n) is 6.34. The van der Waals surface area contributed by atoms with Crippen molar-refractivity contribution < 1.29 is 43.3 Å². The number of anilines is 1. The maximum absolute atomic E-state index is 12.1. The van der Waals surface area contributed by atoms with Crippen LogP contribution in [-0.2, 0) is 30.5 Å². The van der Waals surface area contributed by atoms with E-state index in [0.29, 0.717) is 17.9 Å². The van der Waals surface area contributed by atoms with E-state index < -0.39 is 52.2 Å². The Bertz CT molecular complexity index is 1560. The molecule has 14 nitrogen and oxygen atoms in total. The van der Waals surface area contributed by atoms with Crippen LogP contribution in [0.1, 0.15) is 49.5 Å². The normalized spacial score (nSPS) is 27.4. The number of benzene rings is 1. The smallest absolute Gasteiger partial charge is 0.340 e. The molecule has 0 bridgehead atoms. The molecule has 1 saturated heterocycles. The number of aromatic nitrogens is 4. The van der Waals surface area contributed by atoms with Gasteiger partial charge in [0.2, 0.25) is 5.28 Å². The summed E-state index contributed by atoms with van der Waals surface area (Å²) in [5.74, 6) is -0.843. The van der Waals surface area contributed by atoms with Crippen molar-refractivity contribution in [3.63, 3.8) is 0 Å². The van der Waals surface area contributed by atoms with E-state index in [-0.39, 0.29) is 16.5 Å². The van der Waals surface area contributed by atoms with Gasteiger partial charge in [0.05, 0.1) is 18.5 Å². The second-order valence-corrected chi connectivity index (χ2v) is 15.1. The minimum Gasteiger partial charge on any atom is -0.387 e. The Kier molecular flexibility index (Phi) is 7.56. The number of hydrogen-bond acceptors (Lipinski definition) is 10. The minimum absolute atomic E-state index is 0.0391. The summed E-state index contributed by atoms with van der Waals surface area (Å²) < 4.78 is 35.2. The molecule has 222 valence electrons. The van der Waals surface area contributed by atoms with Crippen LogP contribution in [0.15, 0.2) is 30.6 Å². The Balaban J connectivity index is 1.31. The summed E-state index contributed by atoms with van der Waals surface area (Å²) in [6.45, 7) is -0.0906. The van der Waals surface area contributed by atoms with E-state index in [1.807, 2.05) is 12.1 Å². The maximum Gasteiger partial charge on any atom is 0.340 e. The van der Waals surface area contributed by atoms with Crippen molar-refractivity contribution in [3.05, 3.63) is 47.0 Å². The van der Waals surface area contributed by atoms with Crippen LogP contribution in [0.3, 0.4) is 0 Å². The number of halogens is 1. The summed E-state index contributed by atoms with van der Waals surface area (Å²) in [4.78, 5) is 43.5. The van der Waals surface area contributed by atoms with Crippen molar-refractivity contribution in [3.8, 4) is 0 Å². The van der Waals surface area contributed by atoms with Gasteiger partial charge in [-0.2, -0.15) is 9.97 Å². The highest BCUT2D eigenvalue weighted by Gasteiger charge is 2.48. The van der Waals surface area contributed by atoms with Gasteiger partial charge in [0, 0.05) is 6.54 Å². The van der Waals surface area contributed by atoms with E-state index >= 15 is 0 Å². The molecular weight excluding hydrogens is 600 g/mol. The molecule has 3 unspecified atom stereocenters. The molecule has 1 aromatic carbocycles. The molecule has 17 heteroatoms. The molecule has 41 heavy (non-hydrogen) atoms. The van der Waals surface area contributed by atoms with Crippen LogP contribution in [0.25, 0.3) is 11.2 Å². The number of imidazole rings is 1. The Morgan fingerprint density at radius 1 is 1.07 bits per heavy atom. The van der Waals surface area contributed by atoms with Crippen LogP contribution in [0.5, 0.6) is 0 Å². The zero-order chi connectivity index (χ0) is 29.2. The first-order valence-electron chi connectivity index (χ1n) is 13.2. The number of ether oxygens (including phenoxy) is 1. The van der Waals surface area contributed by atoms with E-state index in [9.17, 15) is 24.2 Å². The predicted molar refractivity (Wildman–Crippen MR) is 146 cm³/mol. The quantitative estimate of drug-likeness (QED) is 0.189. The summed E-state index contributed by atoms with van der Waals surface area (Å²) in [6, 6.07) is 8.34. The fraction of sp³-hybridized carbons (Fsp3) is 0.542. The summed E-state index contributed by atoms with van der Waals surface area (Å²) >= 11 is 6.44. The fourth-order valence-corrected chi connectivity index (χ4v) is 9.07. The lowest BCUT2D eigenvalue weighted by Gasteiger charge is -2.43. The third-order valence-electron chi connectivity index (χ3n) is 8.09. The van der Waals surface area contributed by atoms with Gasteiger partial charge in [0.1, 0.15) is 18.3 Å². The average molecular weight is 630 g/mol. The van der Waals surface area contributed by atoms with Crippen LogP contribution in [0, 0.1) is 0 Å². The van der Waals surface area contributed by atoms with Gasteiger partial charge in [-0.3, -0.25) is 13.7 Å². The highest BCUT2D eigenvalue weighted by molar-refractivity contribution is 7.70. The van der Waals surface area contributed by atoms with Gasteiger partial charge in [-0.1, -0.05) is 43.5 Å². The lowest BCUT2D eigenvalue weighted by Crippen LogP contribution is -2.43. The van der Waals surface area contributed by atoms with Crippen molar-refractivity contribution in [1.29, 1.82) is 0 Å². The summed E-state index contributed by atoms with van der Waals surface area (Å²) in [5, 5.41) is 21.4. The molecule has 5 atom stereocenters. The van der Waals surface area contributed by atoms with Crippen LogP contribution < -0.4 is 4.90 Å². The van der Waals surface area contributed by atoms with Crippen LogP contribution >= 0.6 is 26.8 Å². The molecule has 5 N–H and O–H groups in total. The lowest BCUT2D eigenvalue weighted by molar-refractivity contribution is -0.0483. The SMILES string of the molecule is O=P(O)(O)CP(=O)(O)OC[C@H]1O[C@@H](n2cnc3c(N4Cc5ccccc5C45CCCCC5)nc(Cl)nc32)C(O)C1O. The molecule has 6 rings (SSSR count). The molecule has 2 aromatic heterocycles. The number of hydrogen-bond donors (Lipinski definition) is 5. The first kappa shape index (κ1) is 29.1. The highest BCUT2D eigenvalue weighted by atomic mass is 35.5. The van der Waals surface area contributed by atoms with Gasteiger partial charge in [-0.05, 0) is 35.6 Å². The third-order valence-corrected chi connectivity index (χ3v) is 11.7. The molecule has 1 aliphatic carbocycles. The standard InChI is InChI=1S/C24H30ClN5O9P2/c25-23-27-20-17(21(28-23)30-10-14-6-2-3-7-15(14)24(30)8-4-1-5-9-24)26-12-29(20)22-19(32)18(31)16(39-22)11-38-41(36,37)13-40(33,34)35/h2-3,6-7,12,16,18-19,22,31-32H,1,4-5,8-11,13H2,(H,36,37)(H2,33,34,35)/t16-,18?,19?,22-/m1/s1. The zero-order valence-electron chi connectivity index (χ0n) is 21.7. The first-order chi connectivity index (χ1) is 19.4. The molecule has 0 amide bonds. The summed E-state index contributed by atoms with van der Waals surface area (Å²) in [6.07, 6.45) is 1.00. The summed E-state index contributed by atoms with van der Waals surface area (Å²) in [7, 11) is -9.54. The van der Waals surface area contributed by atoms with E-state index in [0.717, 1.165) is 32.1 Å². The van der Waals surface area contributed by atoms with Crippen molar-refractivity contribution in [2.24, 2.45) is 0 Å². The predicted octanol–water partition coefficient (Wildman–Crippen LogP) is 2.62. The Morgan fingerprint density at radius 3 is 2.54 bits per heavy atom. The van der Waals surface area contributed by atoms with Crippen molar-refractivity contribution >= 4 is 43.8 Å². The zero-order valence-corrected chi connectivity index (χ0v) is 24.3. The minimum atomic E-state index is -4.84. The Morgan fingerprint density at radius 2 is 1.80 bits per heavy atom. The Labute approximate surface area is 239 Å². The third kappa shape index (κ3) is 5.36. The van der Waals surface area contributed by atoms with E-state index in [1.165, 1.54) is 22.0 Å². The van der Waals surface area contributed by atoms with E-state index in [1.54, 1.807) is 0 Å². The number of fused-ring (bicyclic) bond motifs is 3. The second-order valence-electron chi connectivity index (χ2n) is 10.8. The van der Waals surface area contributed by atoms with Gasteiger partial charge < -0.3 is 39.1 Å². The van der Waals surface area contributed by atoms with E-state index in [4.69, 9.17) is 30.6 Å². The van der Waals surface area contributed by atoms with Crippen LogP contribution in [0.2, 0.25) is 5.28 Å². The second kappa shape index (κ2) is 10.6. The number of rotatable bonds is 7. The van der Waals surface area contributed by atoms with Gasteiger partial charge in [0.25, 0.3) is 0 Å². The monoisotopic (exact) mass is 629 g/mol. The molecule has 0 radical (unpaired) electrons. The van der Waals surface area contributed by atoms with Crippen molar-refractivity contribution in [2.75, 3.05) is 17.4 Å². The molecule has 1 spiro atoms. The Hall–Kier alpha value is -1.96. The van der Waals surface area contributed by atoms with Gasteiger partial charge >= 0.3 is 15.2 Å². The number of nitrogens with zero attached hydrogens (tertiary/aromatic N) is 5. The molecule has 2 fully saturated rings. The van der Waals surface area contributed by atoms with Gasteiger partial charge in [0.15, 0.2) is 29.1 Å². The summed E-state index contributed by atoms with van der Waals surface area (Å²) in [5.41, 5.74) is 2.89. The molecule has 3 aliphatic rings. The average Bonchev–Trinajstić information content (AvgIpc) is 3.55. The topological polar surface area (TPSA) is 201 Å². The molecule has 3 aromatic rings. The first-order valence-corrected chi connectivity index (χ1v) is 17.1. The van der Waals surface area contributed by atoms with Crippen molar-refractivity contribution in [1.82, 2.24) is 19.5 Å². The van der Waals surface area contributed by atoms with E-state index in [2.05, 4.69) is 32.0 Å². The molecular formula is C24H30ClN5O9P2. The van der Waals surface area contributed by atoms with Gasteiger partial charge in [-0.15, -0.1) is 0 Å². The number of aliphatic hydroxyl groups is 2. The molecule has 2 aliphatic heterocycles. The molecule has 4 heterocycles. The highest BCUT2D eigenvalue weighted by Crippen LogP contribution is 2.56. The number of aliphatic hydroxyl groups excluding tert-OH is 2. The van der Waals surface area contributed by atoms with Crippen molar-refractivity contribution in [2.45, 2.75) is 68.7 Å².